The van der Waals surface area contributed by atoms with Crippen LogP contribution < -0.4 is 0 Å². The van der Waals surface area contributed by atoms with Crippen molar-refractivity contribution < 1.29 is 4.74 Å². The molecule has 4 heterocycles. The average molecular weight is 474 g/mol. The number of aromatic amines is 1. The molecule has 1 fully saturated rings. The Hall–Kier alpha value is -2.94. The first kappa shape index (κ1) is 20.7. The van der Waals surface area contributed by atoms with Gasteiger partial charge in [0.2, 0.25) is 0 Å². The van der Waals surface area contributed by atoms with Gasteiger partial charge in [-0.1, -0.05) is 60.3 Å². The van der Waals surface area contributed by atoms with Gasteiger partial charge < -0.3 is 9.72 Å². The second kappa shape index (κ2) is 9.13. The molecule has 166 valence electrons. The Balaban J connectivity index is 1.29. The van der Waals surface area contributed by atoms with Gasteiger partial charge in [-0.2, -0.15) is 0 Å². The van der Waals surface area contributed by atoms with Gasteiger partial charge in [0, 0.05) is 46.0 Å². The third-order valence-corrected chi connectivity index (χ3v) is 7.82. The lowest BCUT2D eigenvalue weighted by molar-refractivity contribution is 0.0953. The Bertz CT molecular complexity index is 1370. The van der Waals surface area contributed by atoms with Gasteiger partial charge in [0.05, 0.1) is 18.3 Å². The van der Waals surface area contributed by atoms with E-state index >= 15 is 0 Å². The Kier molecular flexibility index (Phi) is 5.71. The summed E-state index contributed by atoms with van der Waals surface area (Å²) in [5, 5.41) is 14.4. The largest absolute Gasteiger partial charge is 0.376 e. The van der Waals surface area contributed by atoms with Crippen LogP contribution in [-0.4, -0.2) is 37.4 Å². The standard InChI is InChI=1S/C25H23N5OS2/c1-2-7-17(8-3-1)24-27-18(15-32-24)16-33-25-29-28-23(30(25)14-19-9-6-12-31-19)21-13-26-22-11-5-4-10-20(21)22/h1-5,7-8,10-11,13,15,19,26H,6,9,12,14,16H2. The fourth-order valence-electron chi connectivity index (χ4n) is 4.23. The van der Waals surface area contributed by atoms with Crippen molar-refractivity contribution in [2.24, 2.45) is 0 Å². The van der Waals surface area contributed by atoms with Crippen LogP contribution in [-0.2, 0) is 17.0 Å². The summed E-state index contributed by atoms with van der Waals surface area (Å²) in [4.78, 5) is 8.20. The third kappa shape index (κ3) is 4.21. The Morgan fingerprint density at radius 3 is 2.85 bits per heavy atom. The number of hydrogen-bond acceptors (Lipinski definition) is 6. The van der Waals surface area contributed by atoms with Crippen LogP contribution in [0.2, 0.25) is 0 Å². The van der Waals surface area contributed by atoms with Crippen LogP contribution in [0.1, 0.15) is 18.5 Å². The van der Waals surface area contributed by atoms with Gasteiger partial charge in [-0.25, -0.2) is 4.98 Å². The zero-order valence-electron chi connectivity index (χ0n) is 18.0. The highest BCUT2D eigenvalue weighted by Crippen LogP contribution is 2.33. The van der Waals surface area contributed by atoms with E-state index in [0.717, 1.165) is 75.5 Å². The molecule has 0 spiro atoms. The van der Waals surface area contributed by atoms with Gasteiger partial charge in [-0.15, -0.1) is 21.5 Å². The first-order valence-corrected chi connectivity index (χ1v) is 13.0. The zero-order chi connectivity index (χ0) is 22.0. The normalized spacial score (nSPS) is 16.1. The molecule has 1 N–H and O–H groups in total. The SMILES string of the molecule is c1ccc(-c2nc(CSc3nnc(-c4c[nH]c5ccccc45)n3CC3CCCO3)cs2)cc1. The number of ether oxygens (including phenoxy) is 1. The van der Waals surface area contributed by atoms with E-state index in [1.54, 1.807) is 23.1 Å². The predicted molar refractivity (Wildman–Crippen MR) is 133 cm³/mol. The summed E-state index contributed by atoms with van der Waals surface area (Å²) >= 11 is 3.36. The highest BCUT2D eigenvalue weighted by atomic mass is 32.2. The molecule has 1 atom stereocenters. The highest BCUT2D eigenvalue weighted by molar-refractivity contribution is 7.98. The van der Waals surface area contributed by atoms with Gasteiger partial charge in [-0.3, -0.25) is 4.57 Å². The smallest absolute Gasteiger partial charge is 0.191 e. The van der Waals surface area contributed by atoms with E-state index in [4.69, 9.17) is 9.72 Å². The molecule has 6 rings (SSSR count). The number of rotatable bonds is 7. The number of hydrogen-bond donors (Lipinski definition) is 1. The van der Waals surface area contributed by atoms with E-state index in [9.17, 15) is 0 Å². The van der Waals surface area contributed by atoms with E-state index in [0.29, 0.717) is 0 Å². The molecule has 0 aliphatic carbocycles. The van der Waals surface area contributed by atoms with Crippen molar-refractivity contribution in [1.82, 2.24) is 24.7 Å². The minimum atomic E-state index is 0.202. The number of fused-ring (bicyclic) bond motifs is 1. The number of nitrogens with one attached hydrogen (secondary N) is 1. The Morgan fingerprint density at radius 1 is 1.09 bits per heavy atom. The Labute approximate surface area is 200 Å². The second-order valence-electron chi connectivity index (χ2n) is 8.10. The van der Waals surface area contributed by atoms with Gasteiger partial charge in [0.25, 0.3) is 0 Å². The van der Waals surface area contributed by atoms with Crippen LogP contribution in [0, 0.1) is 0 Å². The number of thioether (sulfide) groups is 1. The van der Waals surface area contributed by atoms with Crippen molar-refractivity contribution >= 4 is 34.0 Å². The number of H-pyrrole nitrogens is 1. The highest BCUT2D eigenvalue weighted by Gasteiger charge is 2.23. The van der Waals surface area contributed by atoms with E-state index in [1.807, 2.05) is 30.5 Å². The molecular weight excluding hydrogens is 450 g/mol. The number of aromatic nitrogens is 5. The maximum absolute atomic E-state index is 5.95. The van der Waals surface area contributed by atoms with Crippen molar-refractivity contribution in [2.75, 3.05) is 6.61 Å². The molecule has 1 aliphatic rings. The second-order valence-corrected chi connectivity index (χ2v) is 9.90. The molecule has 3 aromatic heterocycles. The maximum atomic E-state index is 5.95. The van der Waals surface area contributed by atoms with Gasteiger partial charge in [0.1, 0.15) is 5.01 Å². The van der Waals surface area contributed by atoms with Crippen molar-refractivity contribution in [3.05, 3.63) is 71.9 Å². The van der Waals surface area contributed by atoms with Crippen LogP contribution in [0.4, 0.5) is 0 Å². The zero-order valence-corrected chi connectivity index (χ0v) is 19.6. The lowest BCUT2D eigenvalue weighted by atomic mass is 10.1. The van der Waals surface area contributed by atoms with Gasteiger partial charge >= 0.3 is 0 Å². The maximum Gasteiger partial charge on any atom is 0.191 e. The molecule has 5 aromatic rings. The molecule has 8 heteroatoms. The quantitative estimate of drug-likeness (QED) is 0.293. The fraction of sp³-hybridized carbons (Fsp3) is 0.240. The lowest BCUT2D eigenvalue weighted by Gasteiger charge is -2.14. The van der Waals surface area contributed by atoms with Gasteiger partial charge in [0.15, 0.2) is 11.0 Å². The predicted octanol–water partition coefficient (Wildman–Crippen LogP) is 6.02. The minimum Gasteiger partial charge on any atom is -0.376 e. The van der Waals surface area contributed by atoms with Crippen LogP contribution in [0.5, 0.6) is 0 Å². The van der Waals surface area contributed by atoms with E-state index in [1.165, 1.54) is 0 Å². The number of nitrogens with zero attached hydrogens (tertiary/aromatic N) is 4. The molecule has 6 nitrogen and oxygen atoms in total. The lowest BCUT2D eigenvalue weighted by Crippen LogP contribution is -2.16. The van der Waals surface area contributed by atoms with E-state index in [2.05, 4.69) is 55.5 Å². The first-order chi connectivity index (χ1) is 16.3. The molecule has 0 saturated carbocycles. The van der Waals surface area contributed by atoms with Crippen LogP contribution in [0.25, 0.3) is 32.9 Å². The fourth-order valence-corrected chi connectivity index (χ4v) is 6.00. The summed E-state index contributed by atoms with van der Waals surface area (Å²) < 4.78 is 8.18. The van der Waals surface area contributed by atoms with Crippen molar-refractivity contribution in [3.63, 3.8) is 0 Å². The monoisotopic (exact) mass is 473 g/mol. The molecule has 33 heavy (non-hydrogen) atoms. The number of benzene rings is 2. The molecule has 1 aliphatic heterocycles. The average Bonchev–Trinajstić information content (AvgIpc) is 3.66. The van der Waals surface area contributed by atoms with Crippen LogP contribution in [0.3, 0.4) is 0 Å². The molecule has 0 amide bonds. The third-order valence-electron chi connectivity index (χ3n) is 5.88. The van der Waals surface area contributed by atoms with E-state index in [-0.39, 0.29) is 6.10 Å². The van der Waals surface area contributed by atoms with Crippen molar-refractivity contribution in [2.45, 2.75) is 36.4 Å². The molecule has 2 aromatic carbocycles. The van der Waals surface area contributed by atoms with Crippen molar-refractivity contribution in [1.29, 1.82) is 0 Å². The van der Waals surface area contributed by atoms with E-state index < -0.39 is 0 Å². The summed E-state index contributed by atoms with van der Waals surface area (Å²) in [6.45, 7) is 1.59. The number of para-hydroxylation sites is 1. The molecular formula is C25H23N5OS2. The van der Waals surface area contributed by atoms with Crippen molar-refractivity contribution in [3.8, 4) is 22.0 Å². The van der Waals surface area contributed by atoms with Crippen LogP contribution >= 0.6 is 23.1 Å². The molecule has 1 unspecified atom stereocenters. The molecule has 0 bridgehead atoms. The summed E-state index contributed by atoms with van der Waals surface area (Å²) in [7, 11) is 0. The summed E-state index contributed by atoms with van der Waals surface area (Å²) in [5.74, 6) is 1.63. The summed E-state index contributed by atoms with van der Waals surface area (Å²) in [6.07, 6.45) is 4.41. The topological polar surface area (TPSA) is 68.6 Å². The summed E-state index contributed by atoms with van der Waals surface area (Å²) in [6, 6.07) is 18.6. The Morgan fingerprint density at radius 2 is 1.97 bits per heavy atom. The molecule has 0 radical (unpaired) electrons. The number of thiazole rings is 1. The molecule has 1 saturated heterocycles. The first-order valence-electron chi connectivity index (χ1n) is 11.1. The minimum absolute atomic E-state index is 0.202. The summed E-state index contributed by atoms with van der Waals surface area (Å²) in [5.41, 5.74) is 4.39. The van der Waals surface area contributed by atoms with Gasteiger partial charge in [-0.05, 0) is 18.9 Å². The van der Waals surface area contributed by atoms with Crippen LogP contribution in [0.15, 0.2) is 71.3 Å².